The highest BCUT2D eigenvalue weighted by Crippen LogP contribution is 2.22. The number of unbranched alkanes of at least 4 members (excludes halogenated alkanes) is 1. The van der Waals surface area contributed by atoms with Gasteiger partial charge in [-0.3, -0.25) is 0 Å². The number of thiazole rings is 1. The van der Waals surface area contributed by atoms with E-state index in [1.54, 1.807) is 18.4 Å². The predicted molar refractivity (Wildman–Crippen MR) is 88.7 cm³/mol. The molecule has 0 aliphatic carbocycles. The lowest BCUT2D eigenvalue weighted by atomic mass is 10.2. The van der Waals surface area contributed by atoms with Crippen molar-refractivity contribution in [1.29, 1.82) is 0 Å². The SMILES string of the molecule is CCCCNCc1sc(Cc2ccccc2)nc1COC. The van der Waals surface area contributed by atoms with Crippen LogP contribution < -0.4 is 5.32 Å². The zero-order valence-electron chi connectivity index (χ0n) is 12.9. The molecular formula is C17H24N2OS. The van der Waals surface area contributed by atoms with Crippen molar-refractivity contribution >= 4 is 11.3 Å². The highest BCUT2D eigenvalue weighted by atomic mass is 32.1. The van der Waals surface area contributed by atoms with E-state index in [0.29, 0.717) is 6.61 Å². The second-order valence-electron chi connectivity index (χ2n) is 5.10. The third-order valence-corrected chi connectivity index (χ3v) is 4.39. The zero-order valence-corrected chi connectivity index (χ0v) is 13.7. The van der Waals surface area contributed by atoms with Crippen LogP contribution in [-0.4, -0.2) is 18.6 Å². The fourth-order valence-electron chi connectivity index (χ4n) is 2.17. The molecule has 114 valence electrons. The van der Waals surface area contributed by atoms with E-state index in [2.05, 4.69) is 36.5 Å². The third-order valence-electron chi connectivity index (χ3n) is 3.29. The van der Waals surface area contributed by atoms with Crippen LogP contribution in [0, 0.1) is 0 Å². The Morgan fingerprint density at radius 1 is 1.24 bits per heavy atom. The Morgan fingerprint density at radius 3 is 2.76 bits per heavy atom. The molecule has 2 aromatic rings. The van der Waals surface area contributed by atoms with Crippen molar-refractivity contribution in [3.8, 4) is 0 Å². The maximum Gasteiger partial charge on any atom is 0.0976 e. The number of rotatable bonds is 9. The summed E-state index contributed by atoms with van der Waals surface area (Å²) in [4.78, 5) is 6.05. The summed E-state index contributed by atoms with van der Waals surface area (Å²) < 4.78 is 5.28. The molecule has 21 heavy (non-hydrogen) atoms. The van der Waals surface area contributed by atoms with Gasteiger partial charge in [0.15, 0.2) is 0 Å². The number of benzene rings is 1. The number of hydrogen-bond acceptors (Lipinski definition) is 4. The summed E-state index contributed by atoms with van der Waals surface area (Å²) in [5.74, 6) is 0. The lowest BCUT2D eigenvalue weighted by Gasteiger charge is -2.03. The standard InChI is InChI=1S/C17H24N2OS/c1-3-4-10-18-12-16-15(13-20-2)19-17(21-16)11-14-8-6-5-7-9-14/h5-9,18H,3-4,10-13H2,1-2H3. The molecule has 0 spiro atoms. The zero-order chi connectivity index (χ0) is 14.9. The molecule has 3 nitrogen and oxygen atoms in total. The van der Waals surface area contributed by atoms with Gasteiger partial charge >= 0.3 is 0 Å². The Bertz CT molecular complexity index is 525. The fraction of sp³-hybridized carbons (Fsp3) is 0.471. The molecule has 0 aliphatic heterocycles. The minimum atomic E-state index is 0.593. The van der Waals surface area contributed by atoms with Gasteiger partial charge in [0.05, 0.1) is 17.3 Å². The number of methoxy groups -OCH3 is 1. The van der Waals surface area contributed by atoms with E-state index in [1.807, 2.05) is 6.07 Å². The summed E-state index contributed by atoms with van der Waals surface area (Å²) in [5.41, 5.74) is 2.39. The summed E-state index contributed by atoms with van der Waals surface area (Å²) in [6, 6.07) is 10.5. The van der Waals surface area contributed by atoms with Crippen LogP contribution in [0.5, 0.6) is 0 Å². The highest BCUT2D eigenvalue weighted by molar-refractivity contribution is 7.11. The van der Waals surface area contributed by atoms with Gasteiger partial charge in [-0.15, -0.1) is 11.3 Å². The molecule has 0 bridgehead atoms. The van der Waals surface area contributed by atoms with Crippen LogP contribution in [0.15, 0.2) is 30.3 Å². The van der Waals surface area contributed by atoms with Crippen molar-refractivity contribution in [3.05, 3.63) is 51.5 Å². The summed E-state index contributed by atoms with van der Waals surface area (Å²) in [6.45, 7) is 4.76. The third kappa shape index (κ3) is 5.23. The number of nitrogens with zero attached hydrogens (tertiary/aromatic N) is 1. The van der Waals surface area contributed by atoms with Crippen molar-refractivity contribution in [1.82, 2.24) is 10.3 Å². The monoisotopic (exact) mass is 304 g/mol. The molecular weight excluding hydrogens is 280 g/mol. The molecule has 0 saturated carbocycles. The summed E-state index contributed by atoms with van der Waals surface area (Å²) >= 11 is 1.80. The number of aromatic nitrogens is 1. The van der Waals surface area contributed by atoms with Crippen LogP contribution in [0.4, 0.5) is 0 Å². The van der Waals surface area contributed by atoms with Crippen molar-refractivity contribution in [3.63, 3.8) is 0 Å². The van der Waals surface area contributed by atoms with Gasteiger partial charge in [-0.05, 0) is 18.5 Å². The number of ether oxygens (including phenoxy) is 1. The van der Waals surface area contributed by atoms with Crippen LogP contribution in [0.3, 0.4) is 0 Å². The van der Waals surface area contributed by atoms with E-state index in [-0.39, 0.29) is 0 Å². The van der Waals surface area contributed by atoms with Crippen LogP contribution in [0.1, 0.15) is 40.9 Å². The van der Waals surface area contributed by atoms with E-state index in [9.17, 15) is 0 Å². The van der Waals surface area contributed by atoms with Crippen LogP contribution >= 0.6 is 11.3 Å². The van der Waals surface area contributed by atoms with Gasteiger partial charge in [0.2, 0.25) is 0 Å². The molecule has 1 aromatic heterocycles. The Morgan fingerprint density at radius 2 is 2.05 bits per heavy atom. The molecule has 0 saturated heterocycles. The highest BCUT2D eigenvalue weighted by Gasteiger charge is 2.11. The normalized spacial score (nSPS) is 11.0. The topological polar surface area (TPSA) is 34.2 Å². The van der Waals surface area contributed by atoms with E-state index in [0.717, 1.165) is 25.2 Å². The molecule has 4 heteroatoms. The number of nitrogens with one attached hydrogen (secondary N) is 1. The minimum Gasteiger partial charge on any atom is -0.378 e. The van der Waals surface area contributed by atoms with Gasteiger partial charge in [-0.2, -0.15) is 0 Å². The quantitative estimate of drug-likeness (QED) is 0.716. The summed E-state index contributed by atoms with van der Waals surface area (Å²) in [5, 5.41) is 4.66. The molecule has 0 amide bonds. The first-order valence-corrected chi connectivity index (χ1v) is 8.36. The first kappa shape index (κ1) is 16.1. The second kappa shape index (κ2) is 8.93. The molecule has 1 N–H and O–H groups in total. The average Bonchev–Trinajstić information content (AvgIpc) is 2.87. The Labute approximate surface area is 131 Å². The Balaban J connectivity index is 2.01. The van der Waals surface area contributed by atoms with E-state index >= 15 is 0 Å². The van der Waals surface area contributed by atoms with E-state index < -0.39 is 0 Å². The molecule has 0 aliphatic rings. The van der Waals surface area contributed by atoms with E-state index in [1.165, 1.54) is 28.3 Å². The molecule has 0 atom stereocenters. The first-order chi connectivity index (χ1) is 10.3. The minimum absolute atomic E-state index is 0.593. The van der Waals surface area contributed by atoms with Crippen LogP contribution in [0.2, 0.25) is 0 Å². The van der Waals surface area contributed by atoms with Crippen LogP contribution in [-0.2, 0) is 24.3 Å². The second-order valence-corrected chi connectivity index (χ2v) is 6.27. The molecule has 1 aromatic carbocycles. The van der Waals surface area contributed by atoms with Gasteiger partial charge < -0.3 is 10.1 Å². The molecule has 2 rings (SSSR count). The lowest BCUT2D eigenvalue weighted by Crippen LogP contribution is -2.14. The van der Waals surface area contributed by atoms with Crippen molar-refractivity contribution in [2.75, 3.05) is 13.7 Å². The summed E-state index contributed by atoms with van der Waals surface area (Å²) in [7, 11) is 1.73. The van der Waals surface area contributed by atoms with Gasteiger partial charge in [0.25, 0.3) is 0 Å². The first-order valence-electron chi connectivity index (χ1n) is 7.54. The largest absolute Gasteiger partial charge is 0.378 e. The molecule has 0 radical (unpaired) electrons. The fourth-order valence-corrected chi connectivity index (χ4v) is 3.25. The molecule has 0 unspecified atom stereocenters. The van der Waals surface area contributed by atoms with Gasteiger partial charge in [0, 0.05) is 25.0 Å². The average molecular weight is 304 g/mol. The maximum absolute atomic E-state index is 5.28. The van der Waals surface area contributed by atoms with Gasteiger partial charge in [-0.1, -0.05) is 43.7 Å². The van der Waals surface area contributed by atoms with Crippen molar-refractivity contribution in [2.45, 2.75) is 39.3 Å². The maximum atomic E-state index is 5.28. The van der Waals surface area contributed by atoms with Gasteiger partial charge in [0.1, 0.15) is 0 Å². The van der Waals surface area contributed by atoms with Crippen LogP contribution in [0.25, 0.3) is 0 Å². The van der Waals surface area contributed by atoms with E-state index in [4.69, 9.17) is 9.72 Å². The predicted octanol–water partition coefficient (Wildman–Crippen LogP) is 3.77. The van der Waals surface area contributed by atoms with Gasteiger partial charge in [-0.25, -0.2) is 4.98 Å². The van der Waals surface area contributed by atoms with Crippen molar-refractivity contribution in [2.24, 2.45) is 0 Å². The lowest BCUT2D eigenvalue weighted by molar-refractivity contribution is 0.181. The number of hydrogen-bond donors (Lipinski definition) is 1. The molecule has 0 fully saturated rings. The molecule has 1 heterocycles. The Hall–Kier alpha value is -1.23. The summed E-state index contributed by atoms with van der Waals surface area (Å²) in [6.07, 6.45) is 3.34. The Kier molecular flexibility index (Phi) is 6.86. The smallest absolute Gasteiger partial charge is 0.0976 e. The van der Waals surface area contributed by atoms with Crippen molar-refractivity contribution < 1.29 is 4.74 Å².